The van der Waals surface area contributed by atoms with Crippen molar-refractivity contribution in [1.82, 2.24) is 15.5 Å². The molecular formula is C17H31N3O6. The van der Waals surface area contributed by atoms with Crippen LogP contribution in [0.5, 0.6) is 0 Å². The lowest BCUT2D eigenvalue weighted by Crippen LogP contribution is -2.61. The lowest BCUT2D eigenvalue weighted by atomic mass is 10.0. The highest BCUT2D eigenvalue weighted by atomic mass is 16.4. The van der Waals surface area contributed by atoms with Crippen molar-refractivity contribution in [2.24, 2.45) is 0 Å². The predicted octanol–water partition coefficient (Wildman–Crippen LogP) is -0.932. The van der Waals surface area contributed by atoms with Crippen LogP contribution in [0.3, 0.4) is 0 Å². The summed E-state index contributed by atoms with van der Waals surface area (Å²) in [5.41, 5.74) is 0. The molecule has 1 heterocycles. The van der Waals surface area contributed by atoms with Crippen molar-refractivity contribution in [2.45, 2.75) is 70.2 Å². The van der Waals surface area contributed by atoms with E-state index in [0.717, 1.165) is 6.42 Å². The third-order valence-electron chi connectivity index (χ3n) is 4.17. The molecule has 26 heavy (non-hydrogen) atoms. The fraction of sp³-hybridized carbons (Fsp3) is 0.824. The zero-order valence-electron chi connectivity index (χ0n) is 15.5. The highest BCUT2D eigenvalue weighted by Gasteiger charge is 2.33. The maximum atomic E-state index is 12.1. The number of piperazine rings is 1. The first-order chi connectivity index (χ1) is 12.2. The molecule has 4 atom stereocenters. The number of hydrogen-bond acceptors (Lipinski definition) is 6. The molecule has 0 aromatic rings. The summed E-state index contributed by atoms with van der Waals surface area (Å²) < 4.78 is 0. The molecule has 0 radical (unpaired) electrons. The quantitative estimate of drug-likeness (QED) is 0.278. The first-order valence-corrected chi connectivity index (χ1v) is 9.10. The molecule has 9 nitrogen and oxygen atoms in total. The van der Waals surface area contributed by atoms with Gasteiger partial charge in [-0.1, -0.05) is 0 Å². The molecule has 0 aromatic heterocycles. The van der Waals surface area contributed by atoms with E-state index < -0.39 is 30.3 Å². The Morgan fingerprint density at radius 2 is 1.50 bits per heavy atom. The third-order valence-corrected chi connectivity index (χ3v) is 4.17. The monoisotopic (exact) mass is 373 g/mol. The summed E-state index contributed by atoms with van der Waals surface area (Å²) in [6.45, 7) is 5.00. The van der Waals surface area contributed by atoms with E-state index in [9.17, 15) is 24.6 Å². The maximum absolute atomic E-state index is 12.1. The van der Waals surface area contributed by atoms with Gasteiger partial charge in [0.2, 0.25) is 11.8 Å². The Hall–Kier alpha value is -1.71. The van der Waals surface area contributed by atoms with Crippen LogP contribution in [0, 0.1) is 0 Å². The van der Waals surface area contributed by atoms with Gasteiger partial charge in [0.15, 0.2) is 0 Å². The van der Waals surface area contributed by atoms with E-state index in [1.54, 1.807) is 13.8 Å². The Labute approximate surface area is 153 Å². The van der Waals surface area contributed by atoms with Crippen molar-refractivity contribution >= 4 is 17.8 Å². The van der Waals surface area contributed by atoms with E-state index >= 15 is 0 Å². The van der Waals surface area contributed by atoms with Crippen LogP contribution in [0.25, 0.3) is 0 Å². The minimum atomic E-state index is -1.01. The standard InChI is InChI=1S/C17H31N3O6/c1-11(21)9-20(10-12(2)22)8-4-3-5-13-16(25)19-14(17(26)18-13)6-7-15(23)24/h11-14,21-22H,3-10H2,1-2H3,(H,18,26)(H,19,25)(H,23,24). The number of carboxylic acid groups (broad SMARTS) is 1. The molecule has 0 aromatic carbocycles. The van der Waals surface area contributed by atoms with Crippen LogP contribution in [-0.4, -0.2) is 81.9 Å². The summed E-state index contributed by atoms with van der Waals surface area (Å²) in [7, 11) is 0. The molecule has 0 saturated carbocycles. The average molecular weight is 373 g/mol. The number of rotatable bonds is 12. The highest BCUT2D eigenvalue weighted by Crippen LogP contribution is 2.10. The van der Waals surface area contributed by atoms with E-state index in [-0.39, 0.29) is 24.7 Å². The van der Waals surface area contributed by atoms with Crippen LogP contribution < -0.4 is 10.6 Å². The second kappa shape index (κ2) is 11.1. The van der Waals surface area contributed by atoms with Gasteiger partial charge in [0, 0.05) is 19.5 Å². The van der Waals surface area contributed by atoms with E-state index in [1.807, 2.05) is 4.90 Å². The predicted molar refractivity (Wildman–Crippen MR) is 94.4 cm³/mol. The third kappa shape index (κ3) is 8.59. The summed E-state index contributed by atoms with van der Waals surface area (Å²) in [5, 5.41) is 32.9. The number of carbonyl (C=O) groups is 3. The van der Waals surface area contributed by atoms with E-state index in [4.69, 9.17) is 5.11 Å². The largest absolute Gasteiger partial charge is 0.481 e. The topological polar surface area (TPSA) is 139 Å². The molecule has 4 unspecified atom stereocenters. The van der Waals surface area contributed by atoms with Crippen LogP contribution in [-0.2, 0) is 14.4 Å². The molecule has 0 aliphatic carbocycles. The fourth-order valence-electron chi connectivity index (χ4n) is 3.04. The zero-order chi connectivity index (χ0) is 19.7. The molecule has 2 amide bonds. The normalized spacial score (nSPS) is 22.7. The van der Waals surface area contributed by atoms with Gasteiger partial charge in [-0.3, -0.25) is 19.3 Å². The SMILES string of the molecule is CC(O)CN(CCCCC1NC(=O)C(CCC(=O)O)NC1=O)CC(C)O. The molecule has 1 fully saturated rings. The van der Waals surface area contributed by atoms with E-state index in [1.165, 1.54) is 0 Å². The van der Waals surface area contributed by atoms with Gasteiger partial charge in [-0.05, 0) is 46.1 Å². The Balaban J connectivity index is 2.35. The average Bonchev–Trinajstić information content (AvgIpc) is 2.51. The molecule has 150 valence electrons. The maximum Gasteiger partial charge on any atom is 0.303 e. The molecule has 9 heteroatoms. The van der Waals surface area contributed by atoms with Crippen molar-refractivity contribution in [3.05, 3.63) is 0 Å². The number of aliphatic carboxylic acids is 1. The van der Waals surface area contributed by atoms with Gasteiger partial charge in [-0.25, -0.2) is 0 Å². The minimum Gasteiger partial charge on any atom is -0.481 e. The summed E-state index contributed by atoms with van der Waals surface area (Å²) >= 11 is 0. The minimum absolute atomic E-state index is 0.0767. The van der Waals surface area contributed by atoms with Crippen LogP contribution in [0.4, 0.5) is 0 Å². The molecule has 5 N–H and O–H groups in total. The number of unbranched alkanes of at least 4 members (excludes halogenated alkanes) is 1. The second-order valence-electron chi connectivity index (χ2n) is 7.01. The number of aliphatic hydroxyl groups excluding tert-OH is 2. The molecule has 1 aliphatic rings. The molecule has 1 saturated heterocycles. The lowest BCUT2D eigenvalue weighted by molar-refractivity contribution is -0.140. The molecule has 1 aliphatic heterocycles. The van der Waals surface area contributed by atoms with Gasteiger partial charge in [0.05, 0.1) is 12.2 Å². The van der Waals surface area contributed by atoms with Gasteiger partial charge >= 0.3 is 5.97 Å². The van der Waals surface area contributed by atoms with Crippen molar-refractivity contribution in [3.63, 3.8) is 0 Å². The van der Waals surface area contributed by atoms with Crippen LogP contribution in [0.2, 0.25) is 0 Å². The van der Waals surface area contributed by atoms with Crippen LogP contribution in [0.15, 0.2) is 0 Å². The number of hydrogen-bond donors (Lipinski definition) is 5. The van der Waals surface area contributed by atoms with Crippen molar-refractivity contribution < 1.29 is 29.7 Å². The smallest absolute Gasteiger partial charge is 0.303 e. The Morgan fingerprint density at radius 3 is 1.96 bits per heavy atom. The molecular weight excluding hydrogens is 342 g/mol. The summed E-state index contributed by atoms with van der Waals surface area (Å²) in [4.78, 5) is 36.6. The lowest BCUT2D eigenvalue weighted by Gasteiger charge is -2.30. The molecule has 1 rings (SSSR count). The number of carbonyl (C=O) groups excluding carboxylic acids is 2. The van der Waals surface area contributed by atoms with Crippen LogP contribution >= 0.6 is 0 Å². The highest BCUT2D eigenvalue weighted by molar-refractivity contribution is 5.97. The number of nitrogens with zero attached hydrogens (tertiary/aromatic N) is 1. The fourth-order valence-corrected chi connectivity index (χ4v) is 3.04. The van der Waals surface area contributed by atoms with Gasteiger partial charge in [0.25, 0.3) is 0 Å². The Bertz CT molecular complexity index is 473. The summed E-state index contributed by atoms with van der Waals surface area (Å²) in [6, 6.07) is -1.40. The summed E-state index contributed by atoms with van der Waals surface area (Å²) in [6.07, 6.45) is 0.884. The Kier molecular flexibility index (Phi) is 9.53. The number of amides is 2. The van der Waals surface area contributed by atoms with Crippen LogP contribution in [0.1, 0.15) is 46.0 Å². The second-order valence-corrected chi connectivity index (χ2v) is 7.01. The van der Waals surface area contributed by atoms with Gasteiger partial charge in [-0.15, -0.1) is 0 Å². The van der Waals surface area contributed by atoms with Gasteiger partial charge in [-0.2, -0.15) is 0 Å². The van der Waals surface area contributed by atoms with Gasteiger partial charge < -0.3 is 26.0 Å². The number of nitrogens with one attached hydrogen (secondary N) is 2. The van der Waals surface area contributed by atoms with Crippen molar-refractivity contribution in [2.75, 3.05) is 19.6 Å². The zero-order valence-corrected chi connectivity index (χ0v) is 15.5. The Morgan fingerprint density at radius 1 is 1.00 bits per heavy atom. The first-order valence-electron chi connectivity index (χ1n) is 9.10. The van der Waals surface area contributed by atoms with E-state index in [0.29, 0.717) is 32.5 Å². The molecule has 0 bridgehead atoms. The first kappa shape index (κ1) is 22.3. The van der Waals surface area contributed by atoms with Crippen molar-refractivity contribution in [3.8, 4) is 0 Å². The van der Waals surface area contributed by atoms with E-state index in [2.05, 4.69) is 10.6 Å². The van der Waals surface area contributed by atoms with Crippen molar-refractivity contribution in [1.29, 1.82) is 0 Å². The van der Waals surface area contributed by atoms with Gasteiger partial charge in [0.1, 0.15) is 12.1 Å². The molecule has 0 spiro atoms. The number of carboxylic acids is 1. The number of aliphatic hydroxyl groups is 2. The summed E-state index contributed by atoms with van der Waals surface area (Å²) in [5.74, 6) is -1.64.